The summed E-state index contributed by atoms with van der Waals surface area (Å²) < 4.78 is 5.59. The fourth-order valence-corrected chi connectivity index (χ4v) is 3.65. The van der Waals surface area contributed by atoms with Crippen molar-refractivity contribution in [2.24, 2.45) is 0 Å². The van der Waals surface area contributed by atoms with Crippen LogP contribution in [0.25, 0.3) is 11.3 Å². The Morgan fingerprint density at radius 1 is 1.28 bits per heavy atom. The molecule has 0 spiro atoms. The van der Waals surface area contributed by atoms with Crippen LogP contribution in [0.2, 0.25) is 0 Å². The van der Waals surface area contributed by atoms with Gasteiger partial charge in [0.05, 0.1) is 17.9 Å². The Kier molecular flexibility index (Phi) is 5.74. The minimum atomic E-state index is -0.0968. The SMILES string of the molecule is CCOc1ccccc1C(=O)N[C@@H]1CCCN(c2cc(-c3ccncc3)[nH]n2)C1. The number of amides is 1. The first-order chi connectivity index (χ1) is 14.2. The Morgan fingerprint density at radius 2 is 2.10 bits per heavy atom. The molecule has 29 heavy (non-hydrogen) atoms. The molecule has 0 unspecified atom stereocenters. The van der Waals surface area contributed by atoms with E-state index in [4.69, 9.17) is 4.74 Å². The van der Waals surface area contributed by atoms with Crippen LogP contribution in [0.5, 0.6) is 5.75 Å². The van der Waals surface area contributed by atoms with Crippen LogP contribution >= 0.6 is 0 Å². The number of H-pyrrole nitrogens is 1. The van der Waals surface area contributed by atoms with Gasteiger partial charge >= 0.3 is 0 Å². The van der Waals surface area contributed by atoms with Crippen LogP contribution in [0.1, 0.15) is 30.1 Å². The molecule has 1 aliphatic heterocycles. The molecule has 0 aliphatic carbocycles. The first kappa shape index (κ1) is 19.0. The maximum absolute atomic E-state index is 12.8. The standard InChI is InChI=1S/C22H25N5O2/c1-2-29-20-8-4-3-7-18(20)22(28)24-17-6-5-13-27(15-17)21-14-19(25-26-21)16-9-11-23-12-10-16/h3-4,7-12,14,17H,2,5-6,13,15H2,1H3,(H,24,28)(H,25,26)/t17-/m1/s1. The molecule has 3 heterocycles. The third kappa shape index (κ3) is 4.39. The van der Waals surface area contributed by atoms with Crippen LogP contribution in [0, 0.1) is 0 Å². The highest BCUT2D eigenvalue weighted by Gasteiger charge is 2.24. The number of anilines is 1. The van der Waals surface area contributed by atoms with Crippen molar-refractivity contribution in [3.05, 3.63) is 60.4 Å². The highest BCUT2D eigenvalue weighted by molar-refractivity contribution is 5.97. The molecule has 0 bridgehead atoms. The second kappa shape index (κ2) is 8.77. The Morgan fingerprint density at radius 3 is 2.93 bits per heavy atom. The van der Waals surface area contributed by atoms with E-state index in [0.29, 0.717) is 17.9 Å². The van der Waals surface area contributed by atoms with Crippen LogP contribution in [0.15, 0.2) is 54.9 Å². The van der Waals surface area contributed by atoms with Crippen molar-refractivity contribution in [3.63, 3.8) is 0 Å². The molecule has 1 saturated heterocycles. The Hall–Kier alpha value is -3.35. The molecule has 0 saturated carbocycles. The van der Waals surface area contributed by atoms with Gasteiger partial charge in [-0.1, -0.05) is 12.1 Å². The number of hydrogen-bond acceptors (Lipinski definition) is 5. The molecule has 2 N–H and O–H groups in total. The van der Waals surface area contributed by atoms with Crippen molar-refractivity contribution in [1.29, 1.82) is 0 Å². The van der Waals surface area contributed by atoms with E-state index in [1.165, 1.54) is 0 Å². The highest BCUT2D eigenvalue weighted by atomic mass is 16.5. The number of aromatic nitrogens is 3. The number of aromatic amines is 1. The lowest BCUT2D eigenvalue weighted by Crippen LogP contribution is -2.48. The summed E-state index contributed by atoms with van der Waals surface area (Å²) in [7, 11) is 0. The molecule has 7 nitrogen and oxygen atoms in total. The van der Waals surface area contributed by atoms with E-state index < -0.39 is 0 Å². The number of hydrogen-bond donors (Lipinski definition) is 2. The van der Waals surface area contributed by atoms with Gasteiger partial charge in [0.1, 0.15) is 5.75 Å². The van der Waals surface area contributed by atoms with Crippen LogP contribution in [0.4, 0.5) is 5.82 Å². The van der Waals surface area contributed by atoms with Crippen LogP contribution in [-0.2, 0) is 0 Å². The average molecular weight is 391 g/mol. The van der Waals surface area contributed by atoms with Gasteiger partial charge in [-0.25, -0.2) is 0 Å². The summed E-state index contributed by atoms with van der Waals surface area (Å²) in [4.78, 5) is 19.1. The van der Waals surface area contributed by atoms with Crippen LogP contribution in [-0.4, -0.2) is 46.8 Å². The number of rotatable bonds is 6. The molecule has 1 amide bonds. The zero-order chi connectivity index (χ0) is 20.1. The molecule has 0 radical (unpaired) electrons. The fourth-order valence-electron chi connectivity index (χ4n) is 3.65. The van der Waals surface area contributed by atoms with E-state index in [1.54, 1.807) is 18.5 Å². The Balaban J connectivity index is 1.43. The number of benzene rings is 1. The summed E-state index contributed by atoms with van der Waals surface area (Å²) in [6.07, 6.45) is 5.47. The lowest BCUT2D eigenvalue weighted by Gasteiger charge is -2.33. The molecule has 1 atom stereocenters. The molecule has 1 aliphatic rings. The minimum Gasteiger partial charge on any atom is -0.493 e. The van der Waals surface area contributed by atoms with E-state index >= 15 is 0 Å². The van der Waals surface area contributed by atoms with Gasteiger partial charge < -0.3 is 15.0 Å². The predicted molar refractivity (Wildman–Crippen MR) is 112 cm³/mol. The Bertz CT molecular complexity index is 957. The highest BCUT2D eigenvalue weighted by Crippen LogP contribution is 2.24. The second-order valence-corrected chi connectivity index (χ2v) is 7.06. The lowest BCUT2D eigenvalue weighted by atomic mass is 10.0. The third-order valence-corrected chi connectivity index (χ3v) is 5.07. The van der Waals surface area contributed by atoms with E-state index in [1.807, 2.05) is 43.3 Å². The number of piperidine rings is 1. The number of ether oxygens (including phenoxy) is 1. The van der Waals surface area contributed by atoms with Crippen molar-refractivity contribution < 1.29 is 9.53 Å². The predicted octanol–water partition coefficient (Wildman–Crippen LogP) is 3.27. The molecule has 4 rings (SSSR count). The lowest BCUT2D eigenvalue weighted by molar-refractivity contribution is 0.0929. The van der Waals surface area contributed by atoms with Gasteiger partial charge in [-0.3, -0.25) is 14.9 Å². The van der Waals surface area contributed by atoms with E-state index in [9.17, 15) is 4.79 Å². The van der Waals surface area contributed by atoms with Gasteiger partial charge in [0.15, 0.2) is 5.82 Å². The van der Waals surface area contributed by atoms with E-state index in [2.05, 4.69) is 25.4 Å². The number of para-hydroxylation sites is 1. The first-order valence-electron chi connectivity index (χ1n) is 9.98. The molecular weight excluding hydrogens is 366 g/mol. The maximum Gasteiger partial charge on any atom is 0.255 e. The van der Waals surface area contributed by atoms with E-state index in [-0.39, 0.29) is 11.9 Å². The van der Waals surface area contributed by atoms with Gasteiger partial charge in [-0.2, -0.15) is 5.10 Å². The zero-order valence-corrected chi connectivity index (χ0v) is 16.5. The summed E-state index contributed by atoms with van der Waals surface area (Å²) in [5.74, 6) is 1.42. The molecular formula is C22H25N5O2. The van der Waals surface area contributed by atoms with Gasteiger partial charge in [0, 0.05) is 43.2 Å². The van der Waals surface area contributed by atoms with Crippen molar-refractivity contribution in [2.75, 3.05) is 24.6 Å². The van der Waals surface area contributed by atoms with Crippen molar-refractivity contribution in [3.8, 4) is 17.0 Å². The van der Waals surface area contributed by atoms with Gasteiger partial charge in [-0.15, -0.1) is 0 Å². The number of nitrogens with zero attached hydrogens (tertiary/aromatic N) is 3. The minimum absolute atomic E-state index is 0.0620. The quantitative estimate of drug-likeness (QED) is 0.674. The van der Waals surface area contributed by atoms with Gasteiger partial charge in [-0.05, 0) is 44.0 Å². The van der Waals surface area contributed by atoms with Crippen molar-refractivity contribution >= 4 is 11.7 Å². The molecule has 1 aromatic carbocycles. The van der Waals surface area contributed by atoms with Gasteiger partial charge in [0.25, 0.3) is 5.91 Å². The second-order valence-electron chi connectivity index (χ2n) is 7.06. The molecule has 1 fully saturated rings. The molecule has 150 valence electrons. The summed E-state index contributed by atoms with van der Waals surface area (Å²) in [6.45, 7) is 4.09. The topological polar surface area (TPSA) is 83.1 Å². The summed E-state index contributed by atoms with van der Waals surface area (Å²) in [6, 6.07) is 13.4. The summed E-state index contributed by atoms with van der Waals surface area (Å²) in [5.41, 5.74) is 2.58. The van der Waals surface area contributed by atoms with E-state index in [0.717, 1.165) is 43.0 Å². The largest absolute Gasteiger partial charge is 0.493 e. The number of carbonyl (C=O) groups excluding carboxylic acids is 1. The summed E-state index contributed by atoms with van der Waals surface area (Å²) >= 11 is 0. The monoisotopic (exact) mass is 391 g/mol. The fraction of sp³-hybridized carbons (Fsp3) is 0.318. The Labute approximate surface area is 170 Å². The average Bonchev–Trinajstić information content (AvgIpc) is 3.26. The number of nitrogens with one attached hydrogen (secondary N) is 2. The smallest absolute Gasteiger partial charge is 0.255 e. The van der Waals surface area contributed by atoms with Crippen LogP contribution < -0.4 is 15.0 Å². The number of pyridine rings is 1. The maximum atomic E-state index is 12.8. The van der Waals surface area contributed by atoms with Crippen molar-refractivity contribution in [1.82, 2.24) is 20.5 Å². The number of carbonyl (C=O) groups is 1. The van der Waals surface area contributed by atoms with Crippen LogP contribution in [0.3, 0.4) is 0 Å². The first-order valence-corrected chi connectivity index (χ1v) is 9.98. The molecule has 2 aromatic heterocycles. The third-order valence-electron chi connectivity index (χ3n) is 5.07. The summed E-state index contributed by atoms with van der Waals surface area (Å²) in [5, 5.41) is 10.7. The molecule has 7 heteroatoms. The van der Waals surface area contributed by atoms with Gasteiger partial charge in [0.2, 0.25) is 0 Å². The van der Waals surface area contributed by atoms with Crippen molar-refractivity contribution in [2.45, 2.75) is 25.8 Å². The zero-order valence-electron chi connectivity index (χ0n) is 16.5. The molecule has 3 aromatic rings. The normalized spacial score (nSPS) is 16.4.